The van der Waals surface area contributed by atoms with Crippen LogP contribution in [0.25, 0.3) is 0 Å². The summed E-state index contributed by atoms with van der Waals surface area (Å²) in [7, 11) is -3.31. The Balaban J connectivity index is 2.55. The van der Waals surface area contributed by atoms with Crippen molar-refractivity contribution in [1.29, 1.82) is 0 Å². The Hall–Kier alpha value is -1.80. The number of aliphatic hydroxyl groups is 1. The fourth-order valence-corrected chi connectivity index (χ4v) is 1.82. The maximum Gasteiger partial charge on any atom is 0.319 e. The number of amides is 2. The molecule has 0 saturated heterocycles. The number of aliphatic hydroxyl groups excluding tert-OH is 1. The number of urea groups is 1. The molecular formula is C11H17N3O4S. The van der Waals surface area contributed by atoms with Crippen molar-refractivity contribution < 1.29 is 18.3 Å². The molecule has 0 aromatic heterocycles. The van der Waals surface area contributed by atoms with E-state index in [0.29, 0.717) is 11.4 Å². The van der Waals surface area contributed by atoms with Crippen LogP contribution in [0.3, 0.4) is 0 Å². The quantitative estimate of drug-likeness (QED) is 0.634. The van der Waals surface area contributed by atoms with Gasteiger partial charge in [-0.15, -0.1) is 0 Å². The number of carbonyl (C=O) groups excluding carboxylic acids is 1. The van der Waals surface area contributed by atoms with Gasteiger partial charge in [0.05, 0.1) is 12.4 Å². The van der Waals surface area contributed by atoms with E-state index in [0.717, 1.165) is 6.26 Å². The highest BCUT2D eigenvalue weighted by molar-refractivity contribution is 7.92. The second kappa shape index (κ2) is 6.39. The fraction of sp³-hybridized carbons (Fsp3) is 0.364. The number of nitrogens with one attached hydrogen (secondary N) is 3. The Morgan fingerprint density at radius 3 is 2.26 bits per heavy atom. The van der Waals surface area contributed by atoms with Crippen molar-refractivity contribution in [2.75, 3.05) is 22.8 Å². The van der Waals surface area contributed by atoms with Gasteiger partial charge in [0.15, 0.2) is 0 Å². The number of rotatable bonds is 5. The minimum Gasteiger partial charge on any atom is -0.392 e. The molecule has 1 atom stereocenters. The molecule has 7 nitrogen and oxygen atoms in total. The molecule has 2 amide bonds. The summed E-state index contributed by atoms with van der Waals surface area (Å²) in [6.07, 6.45) is 0.440. The molecule has 0 aliphatic heterocycles. The van der Waals surface area contributed by atoms with Gasteiger partial charge in [0.25, 0.3) is 0 Å². The van der Waals surface area contributed by atoms with Crippen molar-refractivity contribution in [3.63, 3.8) is 0 Å². The predicted octanol–water partition coefficient (Wildman–Crippen LogP) is 0.560. The van der Waals surface area contributed by atoms with Crippen LogP contribution in [-0.4, -0.2) is 38.5 Å². The minimum atomic E-state index is -3.31. The van der Waals surface area contributed by atoms with E-state index in [1.165, 1.54) is 12.1 Å². The van der Waals surface area contributed by atoms with Gasteiger partial charge in [-0.25, -0.2) is 13.2 Å². The molecule has 1 aromatic carbocycles. The molecule has 19 heavy (non-hydrogen) atoms. The number of hydrogen-bond acceptors (Lipinski definition) is 4. The summed E-state index contributed by atoms with van der Waals surface area (Å²) in [5, 5.41) is 14.0. The third kappa shape index (κ3) is 6.63. The topological polar surface area (TPSA) is 108 Å². The minimum absolute atomic E-state index is 0.152. The Morgan fingerprint density at radius 1 is 1.26 bits per heavy atom. The van der Waals surface area contributed by atoms with Crippen LogP contribution in [0, 0.1) is 0 Å². The van der Waals surface area contributed by atoms with Crippen molar-refractivity contribution in [2.24, 2.45) is 0 Å². The number of hydrogen-bond donors (Lipinski definition) is 4. The first kappa shape index (κ1) is 15.3. The second-order valence-electron chi connectivity index (χ2n) is 4.14. The van der Waals surface area contributed by atoms with Crippen LogP contribution in [0.1, 0.15) is 6.92 Å². The van der Waals surface area contributed by atoms with Gasteiger partial charge in [-0.3, -0.25) is 4.72 Å². The predicted molar refractivity (Wildman–Crippen MR) is 73.6 cm³/mol. The van der Waals surface area contributed by atoms with Crippen LogP contribution < -0.4 is 15.4 Å². The third-order valence-corrected chi connectivity index (χ3v) is 2.61. The van der Waals surface area contributed by atoms with Crippen LogP contribution in [0.15, 0.2) is 24.3 Å². The van der Waals surface area contributed by atoms with E-state index in [4.69, 9.17) is 5.11 Å². The summed E-state index contributed by atoms with van der Waals surface area (Å²) >= 11 is 0. The summed E-state index contributed by atoms with van der Waals surface area (Å²) in [6, 6.07) is 5.76. The summed E-state index contributed by atoms with van der Waals surface area (Å²) in [5.41, 5.74) is 0.930. The zero-order chi connectivity index (χ0) is 14.5. The van der Waals surface area contributed by atoms with E-state index in [1.807, 2.05) is 0 Å². The highest BCUT2D eigenvalue weighted by Crippen LogP contribution is 2.14. The highest BCUT2D eigenvalue weighted by atomic mass is 32.2. The number of sulfonamides is 1. The van der Waals surface area contributed by atoms with E-state index in [9.17, 15) is 13.2 Å². The lowest BCUT2D eigenvalue weighted by atomic mass is 10.3. The summed E-state index contributed by atoms with van der Waals surface area (Å²) in [5.74, 6) is 0. The van der Waals surface area contributed by atoms with Gasteiger partial charge in [0.1, 0.15) is 0 Å². The molecule has 0 spiro atoms. The molecule has 8 heteroatoms. The molecule has 4 N–H and O–H groups in total. The molecule has 0 bridgehead atoms. The molecule has 0 aliphatic carbocycles. The van der Waals surface area contributed by atoms with Crippen LogP contribution in [0.5, 0.6) is 0 Å². The molecule has 1 aromatic rings. The largest absolute Gasteiger partial charge is 0.392 e. The van der Waals surface area contributed by atoms with Crippen molar-refractivity contribution in [3.8, 4) is 0 Å². The summed E-state index contributed by atoms with van der Waals surface area (Å²) in [6.45, 7) is 1.71. The Labute approximate surface area is 112 Å². The first-order chi connectivity index (χ1) is 8.76. The second-order valence-corrected chi connectivity index (χ2v) is 5.88. The first-order valence-electron chi connectivity index (χ1n) is 5.57. The van der Waals surface area contributed by atoms with E-state index in [1.54, 1.807) is 19.1 Å². The van der Waals surface area contributed by atoms with E-state index < -0.39 is 22.2 Å². The maximum atomic E-state index is 11.4. The van der Waals surface area contributed by atoms with Gasteiger partial charge in [0, 0.05) is 17.9 Å². The SMILES string of the molecule is CC(O)CNC(=O)Nc1ccc(NS(C)(=O)=O)cc1. The molecule has 1 unspecified atom stereocenters. The van der Waals surface area contributed by atoms with Crippen molar-refractivity contribution in [2.45, 2.75) is 13.0 Å². The Morgan fingerprint density at radius 2 is 1.79 bits per heavy atom. The number of benzene rings is 1. The molecule has 0 fully saturated rings. The van der Waals surface area contributed by atoms with Crippen molar-refractivity contribution in [3.05, 3.63) is 24.3 Å². The molecule has 0 heterocycles. The van der Waals surface area contributed by atoms with Gasteiger partial charge < -0.3 is 15.7 Å². The summed E-state index contributed by atoms with van der Waals surface area (Å²) in [4.78, 5) is 11.4. The van der Waals surface area contributed by atoms with Crippen LogP contribution in [0.2, 0.25) is 0 Å². The van der Waals surface area contributed by atoms with Crippen LogP contribution in [-0.2, 0) is 10.0 Å². The first-order valence-corrected chi connectivity index (χ1v) is 7.46. The van der Waals surface area contributed by atoms with Crippen molar-refractivity contribution in [1.82, 2.24) is 5.32 Å². The van der Waals surface area contributed by atoms with E-state index >= 15 is 0 Å². The molecule has 106 valence electrons. The Kier molecular flexibility index (Phi) is 5.13. The average molecular weight is 287 g/mol. The van der Waals surface area contributed by atoms with E-state index in [-0.39, 0.29) is 6.54 Å². The lowest BCUT2D eigenvalue weighted by molar-refractivity contribution is 0.190. The van der Waals surface area contributed by atoms with Crippen LogP contribution in [0.4, 0.5) is 16.2 Å². The van der Waals surface area contributed by atoms with E-state index in [2.05, 4.69) is 15.4 Å². The van der Waals surface area contributed by atoms with Gasteiger partial charge in [-0.2, -0.15) is 0 Å². The average Bonchev–Trinajstić information content (AvgIpc) is 2.27. The molecular weight excluding hydrogens is 270 g/mol. The van der Waals surface area contributed by atoms with Gasteiger partial charge in [0.2, 0.25) is 10.0 Å². The van der Waals surface area contributed by atoms with Crippen molar-refractivity contribution >= 4 is 27.4 Å². The Bertz CT molecular complexity index is 525. The van der Waals surface area contributed by atoms with Gasteiger partial charge in [-0.05, 0) is 31.2 Å². The monoisotopic (exact) mass is 287 g/mol. The smallest absolute Gasteiger partial charge is 0.319 e. The summed E-state index contributed by atoms with van der Waals surface area (Å²) < 4.78 is 24.3. The highest BCUT2D eigenvalue weighted by Gasteiger charge is 2.04. The normalized spacial score (nSPS) is 12.6. The zero-order valence-corrected chi connectivity index (χ0v) is 11.5. The fourth-order valence-electron chi connectivity index (χ4n) is 1.25. The standard InChI is InChI=1S/C11H17N3O4S/c1-8(15)7-12-11(16)13-9-3-5-10(6-4-9)14-19(2,17)18/h3-6,8,14-15H,7H2,1-2H3,(H2,12,13,16). The maximum absolute atomic E-state index is 11.4. The number of carbonyl (C=O) groups is 1. The molecule has 1 rings (SSSR count). The zero-order valence-electron chi connectivity index (χ0n) is 10.7. The molecule has 0 saturated carbocycles. The third-order valence-electron chi connectivity index (χ3n) is 2.00. The molecule has 0 radical (unpaired) electrons. The lowest BCUT2D eigenvalue weighted by Gasteiger charge is -2.09. The lowest BCUT2D eigenvalue weighted by Crippen LogP contribution is -2.34. The van der Waals surface area contributed by atoms with Gasteiger partial charge >= 0.3 is 6.03 Å². The molecule has 0 aliphatic rings. The van der Waals surface area contributed by atoms with Crippen LogP contribution >= 0.6 is 0 Å². The van der Waals surface area contributed by atoms with Gasteiger partial charge in [-0.1, -0.05) is 0 Å². The number of anilines is 2.